The Kier molecular flexibility index (Phi) is 11.3. The molecule has 4 nitrogen and oxygen atoms in total. The lowest BCUT2D eigenvalue weighted by molar-refractivity contribution is 0.486. The van der Waals surface area contributed by atoms with Crippen LogP contribution in [0.2, 0.25) is 0 Å². The molecule has 0 N–H and O–H groups in total. The Morgan fingerprint density at radius 3 is 1.87 bits per heavy atom. The zero-order valence-electron chi connectivity index (χ0n) is 44.0. The Morgan fingerprint density at radius 2 is 1.16 bits per heavy atom. The van der Waals surface area contributed by atoms with E-state index in [1.165, 1.54) is 131 Å². The van der Waals surface area contributed by atoms with E-state index in [0.29, 0.717) is 0 Å². The maximum Gasteiger partial charge on any atom is 0.256 e. The number of aryl methyl sites for hydroxylation is 1. The fraction of sp³-hybridized carbons (Fsp3) is 0.183. The van der Waals surface area contributed by atoms with Gasteiger partial charge in [0.05, 0.1) is 22.8 Å². The van der Waals surface area contributed by atoms with Gasteiger partial charge in [0.15, 0.2) is 0 Å². The van der Waals surface area contributed by atoms with Crippen LogP contribution in [0.5, 0.6) is 11.5 Å². The lowest BCUT2D eigenvalue weighted by Crippen LogP contribution is -2.59. The van der Waals surface area contributed by atoms with E-state index < -0.39 is 0 Å². The number of hydrogen-bond acceptors (Lipinski definition) is 3. The number of ether oxygens (including phenoxy) is 1. The van der Waals surface area contributed by atoms with E-state index in [0.717, 1.165) is 30.0 Å². The number of aromatic nitrogens is 1. The molecule has 9 aromatic carbocycles. The average molecular weight is 984 g/mol. The molecule has 2 unspecified atom stereocenters. The fourth-order valence-corrected chi connectivity index (χ4v) is 13.2. The highest BCUT2D eigenvalue weighted by molar-refractivity contribution is 6.99. The van der Waals surface area contributed by atoms with Gasteiger partial charge in [-0.3, -0.25) is 0 Å². The molecule has 14 rings (SSSR count). The SMILES string of the molecule is CCCCCCCc1cc2c3c(c1)N(c1c(-c4ccccc4)cc(C(C)(C)C)cc1-c1ccccc1)c1cc(N4c5ccccc5C5C=CC=CC54)ccc1B3c1ccc(-n3c4ccccc4c4ccccc43)cc1O2. The van der Waals surface area contributed by atoms with E-state index in [-0.39, 0.29) is 24.1 Å². The summed E-state index contributed by atoms with van der Waals surface area (Å²) in [7, 11) is 0. The van der Waals surface area contributed by atoms with Crippen LogP contribution in [0.1, 0.15) is 82.4 Å². The maximum atomic E-state index is 7.51. The summed E-state index contributed by atoms with van der Waals surface area (Å²) in [6.45, 7) is 9.24. The van der Waals surface area contributed by atoms with Crippen molar-refractivity contribution < 1.29 is 4.74 Å². The number of benzene rings is 9. The number of anilines is 5. The topological polar surface area (TPSA) is 20.6 Å². The number of nitrogens with zero attached hydrogens (tertiary/aromatic N) is 3. The largest absolute Gasteiger partial charge is 0.458 e. The lowest BCUT2D eigenvalue weighted by Gasteiger charge is -2.43. The van der Waals surface area contributed by atoms with E-state index in [1.807, 2.05) is 0 Å². The van der Waals surface area contributed by atoms with E-state index in [9.17, 15) is 0 Å². The van der Waals surface area contributed by atoms with Crippen molar-refractivity contribution in [3.05, 3.63) is 235 Å². The number of hydrogen-bond donors (Lipinski definition) is 0. The van der Waals surface area contributed by atoms with Gasteiger partial charge in [-0.25, -0.2) is 0 Å². The van der Waals surface area contributed by atoms with Crippen LogP contribution >= 0.6 is 0 Å². The molecule has 10 aromatic rings. The summed E-state index contributed by atoms with van der Waals surface area (Å²) in [4.78, 5) is 5.27. The van der Waals surface area contributed by atoms with Crippen molar-refractivity contribution in [3.8, 4) is 39.4 Å². The fourth-order valence-electron chi connectivity index (χ4n) is 13.2. The zero-order valence-corrected chi connectivity index (χ0v) is 44.0. The molecule has 0 bridgehead atoms. The van der Waals surface area contributed by atoms with Gasteiger partial charge >= 0.3 is 0 Å². The lowest BCUT2D eigenvalue weighted by atomic mass is 9.34. The molecule has 0 radical (unpaired) electrons. The summed E-state index contributed by atoms with van der Waals surface area (Å²) >= 11 is 0. The molecule has 0 saturated carbocycles. The van der Waals surface area contributed by atoms with Gasteiger partial charge < -0.3 is 19.1 Å². The molecule has 2 atom stereocenters. The molecule has 0 saturated heterocycles. The van der Waals surface area contributed by atoms with Gasteiger partial charge in [0, 0.05) is 62.3 Å². The van der Waals surface area contributed by atoms with Gasteiger partial charge in [0.25, 0.3) is 6.71 Å². The molecule has 3 aliphatic heterocycles. The van der Waals surface area contributed by atoms with Gasteiger partial charge in [-0.1, -0.05) is 205 Å². The molecule has 4 heterocycles. The number of para-hydroxylation sites is 3. The molecular weight excluding hydrogens is 922 g/mol. The number of unbranched alkanes of at least 4 members (excludes halogenated alkanes) is 4. The van der Waals surface area contributed by atoms with Crippen LogP contribution in [0.3, 0.4) is 0 Å². The van der Waals surface area contributed by atoms with Crippen LogP contribution in [0.25, 0.3) is 49.7 Å². The Balaban J connectivity index is 1.06. The van der Waals surface area contributed by atoms with Crippen molar-refractivity contribution in [2.45, 2.75) is 83.6 Å². The third-order valence-corrected chi connectivity index (χ3v) is 16.8. The summed E-state index contributed by atoms with van der Waals surface area (Å²) in [6, 6.07) is 73.3. The summed E-state index contributed by atoms with van der Waals surface area (Å²) in [5.74, 6) is 2.12. The second-order valence-corrected chi connectivity index (χ2v) is 22.5. The quantitative estimate of drug-likeness (QED) is 0.0952. The molecule has 0 fully saturated rings. The summed E-state index contributed by atoms with van der Waals surface area (Å²) in [6.07, 6.45) is 16.3. The zero-order chi connectivity index (χ0) is 51.1. The molecule has 1 aliphatic carbocycles. The third-order valence-electron chi connectivity index (χ3n) is 16.8. The first kappa shape index (κ1) is 46.3. The van der Waals surface area contributed by atoms with Crippen LogP contribution < -0.4 is 30.9 Å². The van der Waals surface area contributed by atoms with Crippen molar-refractivity contribution in [2.75, 3.05) is 9.80 Å². The summed E-state index contributed by atoms with van der Waals surface area (Å²) < 4.78 is 9.92. The van der Waals surface area contributed by atoms with Crippen molar-refractivity contribution in [3.63, 3.8) is 0 Å². The van der Waals surface area contributed by atoms with E-state index in [1.54, 1.807) is 0 Å². The molecule has 0 amide bonds. The van der Waals surface area contributed by atoms with Crippen LogP contribution in [0.4, 0.5) is 28.4 Å². The highest BCUT2D eigenvalue weighted by Crippen LogP contribution is 2.53. The van der Waals surface area contributed by atoms with E-state index >= 15 is 0 Å². The average Bonchev–Trinajstić information content (AvgIpc) is 4.08. The first-order chi connectivity index (χ1) is 37.3. The van der Waals surface area contributed by atoms with Crippen LogP contribution in [-0.4, -0.2) is 17.3 Å². The monoisotopic (exact) mass is 983 g/mol. The van der Waals surface area contributed by atoms with Crippen molar-refractivity contribution in [2.24, 2.45) is 0 Å². The molecule has 1 aromatic heterocycles. The summed E-state index contributed by atoms with van der Waals surface area (Å²) in [5, 5.41) is 2.50. The van der Waals surface area contributed by atoms with Gasteiger partial charge in [0.1, 0.15) is 11.5 Å². The van der Waals surface area contributed by atoms with Crippen LogP contribution in [0, 0.1) is 0 Å². The van der Waals surface area contributed by atoms with Crippen molar-refractivity contribution in [1.29, 1.82) is 0 Å². The molecule has 4 aliphatic rings. The molecular formula is C71H62BN3O. The van der Waals surface area contributed by atoms with Gasteiger partial charge in [0.2, 0.25) is 0 Å². The number of allylic oxidation sites excluding steroid dienone is 2. The molecule has 370 valence electrons. The standard InChI is InChI=1S/C71H62BN3O/c1-5-6-7-8-11-24-47-41-66-69-68(42-47)76-67-46-52(74-63-35-22-18-31-55(63)56-32-19-23-36-64(56)74)38-40-60(67)72(69)59-39-37-51(73-61-33-20-16-29-53(61)54-30-17-21-34-62(54)73)45-65(59)75(66)70-57(48-25-12-9-13-26-48)43-50(71(2,3)4)44-58(70)49-27-14-10-15-28-49/h9-10,12-23,25-46,53,61H,5-8,11,24H2,1-4H3. The van der Waals surface area contributed by atoms with Gasteiger partial charge in [-0.15, -0.1) is 0 Å². The number of fused-ring (bicyclic) bond motifs is 10. The second-order valence-electron chi connectivity index (χ2n) is 22.5. The summed E-state index contributed by atoms with van der Waals surface area (Å²) in [5.41, 5.74) is 21.8. The smallest absolute Gasteiger partial charge is 0.256 e. The van der Waals surface area contributed by atoms with Crippen LogP contribution in [0.15, 0.2) is 218 Å². The molecule has 76 heavy (non-hydrogen) atoms. The number of rotatable bonds is 11. The highest BCUT2D eigenvalue weighted by Gasteiger charge is 2.45. The normalized spacial score (nSPS) is 15.9. The minimum absolute atomic E-state index is 0.0924. The molecule has 5 heteroatoms. The minimum Gasteiger partial charge on any atom is -0.458 e. The Hall–Kier alpha value is -8.28. The van der Waals surface area contributed by atoms with Crippen molar-refractivity contribution >= 4 is 73.3 Å². The first-order valence-electron chi connectivity index (χ1n) is 27.8. The van der Waals surface area contributed by atoms with E-state index in [4.69, 9.17) is 4.74 Å². The maximum absolute atomic E-state index is 7.51. The van der Waals surface area contributed by atoms with Gasteiger partial charge in [-0.05, 0) is 123 Å². The Labute approximate surface area is 448 Å². The second kappa shape index (κ2) is 18.5. The van der Waals surface area contributed by atoms with Crippen LogP contribution in [-0.2, 0) is 11.8 Å². The molecule has 0 spiro atoms. The predicted octanol–water partition coefficient (Wildman–Crippen LogP) is 17.1. The highest BCUT2D eigenvalue weighted by atomic mass is 16.5. The minimum atomic E-state index is -0.113. The van der Waals surface area contributed by atoms with Gasteiger partial charge in [-0.2, -0.15) is 0 Å². The van der Waals surface area contributed by atoms with Crippen molar-refractivity contribution in [1.82, 2.24) is 4.57 Å². The van der Waals surface area contributed by atoms with E-state index in [2.05, 4.69) is 260 Å². The predicted molar refractivity (Wildman–Crippen MR) is 322 cm³/mol. The third kappa shape index (κ3) is 7.57. The Bertz CT molecular complexity index is 3840. The first-order valence-corrected chi connectivity index (χ1v) is 27.8. The Morgan fingerprint density at radius 1 is 0.526 bits per heavy atom.